The lowest BCUT2D eigenvalue weighted by Gasteiger charge is -2.29. The van der Waals surface area contributed by atoms with E-state index in [-0.39, 0.29) is 23.9 Å². The minimum Gasteiger partial charge on any atom is -0.349 e. The molecule has 1 atom stereocenters. The molecule has 3 nitrogen and oxygen atoms in total. The molecule has 17 heavy (non-hydrogen) atoms. The summed E-state index contributed by atoms with van der Waals surface area (Å²) >= 11 is 1.83. The number of nitrogens with two attached hydrogens (primary N) is 1. The Morgan fingerprint density at radius 2 is 2.12 bits per heavy atom. The Hall–Kier alpha value is 0.0700. The average Bonchev–Trinajstić information content (AvgIpc) is 3.08. The monoisotopic (exact) mass is 280 g/mol. The number of halogens is 1. The van der Waals surface area contributed by atoms with Crippen LogP contribution in [0.3, 0.4) is 0 Å². The Bertz CT molecular complexity index is 237. The summed E-state index contributed by atoms with van der Waals surface area (Å²) in [6, 6.07) is 0. The highest BCUT2D eigenvalue weighted by Crippen LogP contribution is 2.38. The number of thioether (sulfide) groups is 1. The van der Waals surface area contributed by atoms with Crippen molar-refractivity contribution in [1.82, 2.24) is 5.32 Å². The standard InChI is InChI=1S/C12H24N2OS.ClH/c1-12(9-13,10-6-7-10)14-11(15)5-3-4-8-16-2;/h10H,3-9,13H2,1-2H3,(H,14,15);1H. The van der Waals surface area contributed by atoms with Gasteiger partial charge in [0.05, 0.1) is 5.54 Å². The van der Waals surface area contributed by atoms with Gasteiger partial charge >= 0.3 is 0 Å². The first kappa shape index (κ1) is 17.1. The van der Waals surface area contributed by atoms with Crippen LogP contribution in [-0.4, -0.2) is 30.0 Å². The van der Waals surface area contributed by atoms with Gasteiger partial charge in [0.25, 0.3) is 0 Å². The molecule has 1 amide bonds. The van der Waals surface area contributed by atoms with Crippen LogP contribution in [0, 0.1) is 5.92 Å². The molecule has 102 valence electrons. The third-order valence-corrected chi connectivity index (χ3v) is 4.03. The molecule has 1 saturated carbocycles. The quantitative estimate of drug-likeness (QED) is 0.670. The molecule has 0 aliphatic heterocycles. The third-order valence-electron chi connectivity index (χ3n) is 3.33. The molecule has 0 radical (unpaired) electrons. The van der Waals surface area contributed by atoms with Crippen LogP contribution >= 0.6 is 24.2 Å². The molecule has 0 aromatic rings. The van der Waals surface area contributed by atoms with E-state index in [1.807, 2.05) is 11.8 Å². The molecule has 0 saturated heterocycles. The normalized spacial score (nSPS) is 18.1. The van der Waals surface area contributed by atoms with Gasteiger partial charge in [0.1, 0.15) is 0 Å². The van der Waals surface area contributed by atoms with E-state index < -0.39 is 0 Å². The van der Waals surface area contributed by atoms with Crippen LogP contribution in [0.1, 0.15) is 39.0 Å². The molecule has 0 heterocycles. The van der Waals surface area contributed by atoms with E-state index in [2.05, 4.69) is 18.5 Å². The Kier molecular flexibility index (Phi) is 8.25. The van der Waals surface area contributed by atoms with Crippen molar-refractivity contribution in [2.24, 2.45) is 11.7 Å². The molecule has 0 spiro atoms. The number of rotatable bonds is 8. The van der Waals surface area contributed by atoms with Gasteiger partial charge in [-0.05, 0) is 50.5 Å². The molecule has 5 heteroatoms. The van der Waals surface area contributed by atoms with Crippen molar-refractivity contribution in [2.45, 2.75) is 44.6 Å². The molecule has 1 fully saturated rings. The van der Waals surface area contributed by atoms with Crippen molar-refractivity contribution >= 4 is 30.1 Å². The van der Waals surface area contributed by atoms with Crippen LogP contribution in [0.5, 0.6) is 0 Å². The Morgan fingerprint density at radius 3 is 2.59 bits per heavy atom. The predicted molar refractivity (Wildman–Crippen MR) is 77.8 cm³/mol. The second-order valence-corrected chi connectivity index (χ2v) is 5.88. The molecule has 1 aliphatic rings. The number of carbonyl (C=O) groups is 1. The molecule has 0 aromatic heterocycles. The summed E-state index contributed by atoms with van der Waals surface area (Å²) in [6.45, 7) is 2.62. The van der Waals surface area contributed by atoms with E-state index >= 15 is 0 Å². The van der Waals surface area contributed by atoms with Crippen molar-refractivity contribution in [1.29, 1.82) is 0 Å². The van der Waals surface area contributed by atoms with Gasteiger partial charge in [-0.1, -0.05) is 0 Å². The van der Waals surface area contributed by atoms with Crippen molar-refractivity contribution in [2.75, 3.05) is 18.6 Å². The first-order valence-corrected chi connectivity index (χ1v) is 7.52. The molecule has 0 aromatic carbocycles. The summed E-state index contributed by atoms with van der Waals surface area (Å²) in [6.07, 6.45) is 7.26. The van der Waals surface area contributed by atoms with Crippen LogP contribution in [-0.2, 0) is 4.79 Å². The number of hydrogen-bond acceptors (Lipinski definition) is 3. The maximum atomic E-state index is 11.7. The maximum absolute atomic E-state index is 11.7. The van der Waals surface area contributed by atoms with E-state index in [1.54, 1.807) is 0 Å². The fourth-order valence-corrected chi connectivity index (χ4v) is 2.45. The number of amides is 1. The van der Waals surface area contributed by atoms with Gasteiger partial charge in [-0.25, -0.2) is 0 Å². The van der Waals surface area contributed by atoms with E-state index in [4.69, 9.17) is 5.73 Å². The van der Waals surface area contributed by atoms with Crippen LogP contribution in [0.4, 0.5) is 0 Å². The number of carbonyl (C=O) groups excluding carboxylic acids is 1. The van der Waals surface area contributed by atoms with Gasteiger partial charge in [-0.3, -0.25) is 4.79 Å². The van der Waals surface area contributed by atoms with Crippen LogP contribution in [0.15, 0.2) is 0 Å². The lowest BCUT2D eigenvalue weighted by atomic mass is 9.95. The summed E-state index contributed by atoms with van der Waals surface area (Å²) in [7, 11) is 0. The zero-order chi connectivity index (χ0) is 12.0. The molecular weight excluding hydrogens is 256 g/mol. The van der Waals surface area contributed by atoms with Crippen LogP contribution in [0.2, 0.25) is 0 Å². The van der Waals surface area contributed by atoms with Gasteiger partial charge < -0.3 is 11.1 Å². The fraction of sp³-hybridized carbons (Fsp3) is 0.917. The fourth-order valence-electron chi connectivity index (χ4n) is 1.95. The van der Waals surface area contributed by atoms with Crippen molar-refractivity contribution < 1.29 is 4.79 Å². The predicted octanol–water partition coefficient (Wildman–Crippen LogP) is 2.19. The van der Waals surface area contributed by atoms with Gasteiger partial charge in [-0.15, -0.1) is 12.4 Å². The summed E-state index contributed by atoms with van der Waals surface area (Å²) < 4.78 is 0. The number of unbranched alkanes of at least 4 members (excludes halogenated alkanes) is 1. The van der Waals surface area contributed by atoms with Crippen LogP contribution in [0.25, 0.3) is 0 Å². The highest BCUT2D eigenvalue weighted by atomic mass is 35.5. The SMILES string of the molecule is CSCCCCC(=O)NC(C)(CN)C1CC1.Cl. The lowest BCUT2D eigenvalue weighted by molar-refractivity contribution is -0.123. The number of hydrogen-bond donors (Lipinski definition) is 2. The van der Waals surface area contributed by atoms with Crippen LogP contribution < -0.4 is 11.1 Å². The minimum absolute atomic E-state index is 0. The van der Waals surface area contributed by atoms with E-state index in [0.717, 1.165) is 18.6 Å². The van der Waals surface area contributed by atoms with E-state index in [0.29, 0.717) is 18.9 Å². The third kappa shape index (κ3) is 5.98. The largest absolute Gasteiger partial charge is 0.349 e. The molecule has 1 aliphatic carbocycles. The van der Waals surface area contributed by atoms with Gasteiger partial charge in [0.15, 0.2) is 0 Å². The van der Waals surface area contributed by atoms with E-state index in [1.165, 1.54) is 12.8 Å². The molecule has 1 rings (SSSR count). The first-order valence-electron chi connectivity index (χ1n) is 6.12. The minimum atomic E-state index is -0.156. The zero-order valence-corrected chi connectivity index (χ0v) is 12.5. The summed E-state index contributed by atoms with van der Waals surface area (Å²) in [4.78, 5) is 11.7. The van der Waals surface area contributed by atoms with Crippen molar-refractivity contribution in [3.63, 3.8) is 0 Å². The summed E-state index contributed by atoms with van der Waals surface area (Å²) in [5.41, 5.74) is 5.60. The van der Waals surface area contributed by atoms with Gasteiger partial charge in [0.2, 0.25) is 5.91 Å². The number of nitrogens with one attached hydrogen (secondary N) is 1. The molecule has 0 bridgehead atoms. The summed E-state index contributed by atoms with van der Waals surface area (Å²) in [5, 5.41) is 3.11. The maximum Gasteiger partial charge on any atom is 0.220 e. The van der Waals surface area contributed by atoms with Crippen molar-refractivity contribution in [3.05, 3.63) is 0 Å². The zero-order valence-electron chi connectivity index (χ0n) is 10.8. The highest BCUT2D eigenvalue weighted by molar-refractivity contribution is 7.98. The Labute approximate surface area is 115 Å². The topological polar surface area (TPSA) is 55.1 Å². The smallest absolute Gasteiger partial charge is 0.220 e. The van der Waals surface area contributed by atoms with Gasteiger partial charge in [-0.2, -0.15) is 11.8 Å². The second-order valence-electron chi connectivity index (χ2n) is 4.89. The van der Waals surface area contributed by atoms with E-state index in [9.17, 15) is 4.79 Å². The Morgan fingerprint density at radius 1 is 1.47 bits per heavy atom. The Balaban J connectivity index is 0.00000256. The molecule has 1 unspecified atom stereocenters. The molecule has 3 N–H and O–H groups in total. The molecular formula is C12H25ClN2OS. The second kappa shape index (κ2) is 8.22. The highest BCUT2D eigenvalue weighted by Gasteiger charge is 2.41. The van der Waals surface area contributed by atoms with Gasteiger partial charge in [0, 0.05) is 13.0 Å². The first-order chi connectivity index (χ1) is 7.62. The lowest BCUT2D eigenvalue weighted by Crippen LogP contribution is -2.53. The average molecular weight is 281 g/mol. The summed E-state index contributed by atoms with van der Waals surface area (Å²) in [5.74, 6) is 1.91. The van der Waals surface area contributed by atoms with Crippen molar-refractivity contribution in [3.8, 4) is 0 Å².